The fourth-order valence-electron chi connectivity index (χ4n) is 5.45. The van der Waals surface area contributed by atoms with E-state index in [0.29, 0.717) is 0 Å². The second-order valence-electron chi connectivity index (χ2n) is 10.6. The molecule has 1 amide bonds. The molecule has 0 saturated carbocycles. The lowest BCUT2D eigenvalue weighted by atomic mass is 10.1. The predicted molar refractivity (Wildman–Crippen MR) is 160 cm³/mol. The highest BCUT2D eigenvalue weighted by atomic mass is 32.2. The molecular formula is C32H31F3N4O4S. The lowest BCUT2D eigenvalue weighted by Crippen LogP contribution is -2.49. The van der Waals surface area contributed by atoms with Crippen LogP contribution in [0.15, 0.2) is 89.8 Å². The minimum atomic E-state index is -4.60. The Balaban J connectivity index is 1.29. The fraction of sp³-hybridized carbons (Fsp3) is 0.250. The van der Waals surface area contributed by atoms with E-state index in [1.807, 2.05) is 30.3 Å². The molecule has 1 aliphatic heterocycles. The number of rotatable bonds is 9. The first-order valence-corrected chi connectivity index (χ1v) is 15.4. The van der Waals surface area contributed by atoms with Crippen molar-refractivity contribution in [3.63, 3.8) is 0 Å². The molecule has 0 bridgehead atoms. The summed E-state index contributed by atoms with van der Waals surface area (Å²) in [4.78, 5) is 27.5. The van der Waals surface area contributed by atoms with Gasteiger partial charge in [0, 0.05) is 38.4 Å². The Morgan fingerprint density at radius 2 is 1.43 bits per heavy atom. The SMILES string of the molecule is Cc1c(C(N)=O)cc(C(=O)CN2CCN(S(=O)(=O)c3ccc(-c4ccccc4)cc3)CC2)n1Cc1ccccc1C(F)(F)F. The molecule has 0 radical (unpaired) electrons. The molecule has 1 aliphatic rings. The smallest absolute Gasteiger partial charge is 0.366 e. The van der Waals surface area contributed by atoms with Crippen LogP contribution >= 0.6 is 0 Å². The Labute approximate surface area is 253 Å². The summed E-state index contributed by atoms with van der Waals surface area (Å²) in [6.45, 7) is 1.98. The van der Waals surface area contributed by atoms with Gasteiger partial charge in [-0.15, -0.1) is 0 Å². The van der Waals surface area contributed by atoms with Crippen LogP contribution in [0.25, 0.3) is 11.1 Å². The zero-order valence-electron chi connectivity index (χ0n) is 23.9. The fourth-order valence-corrected chi connectivity index (χ4v) is 6.87. The number of nitrogens with zero attached hydrogens (tertiary/aromatic N) is 3. The maximum atomic E-state index is 13.7. The van der Waals surface area contributed by atoms with E-state index in [2.05, 4.69) is 0 Å². The average molecular weight is 625 g/mol. The van der Waals surface area contributed by atoms with Gasteiger partial charge in [-0.1, -0.05) is 60.7 Å². The number of piperazine rings is 1. The van der Waals surface area contributed by atoms with Crippen LogP contribution in [0.4, 0.5) is 13.2 Å². The van der Waals surface area contributed by atoms with Gasteiger partial charge in [0.2, 0.25) is 10.0 Å². The van der Waals surface area contributed by atoms with Gasteiger partial charge in [0.25, 0.3) is 5.91 Å². The quantitative estimate of drug-likeness (QED) is 0.269. The number of alkyl halides is 3. The summed E-state index contributed by atoms with van der Waals surface area (Å²) in [7, 11) is -3.76. The van der Waals surface area contributed by atoms with Crippen LogP contribution in [0, 0.1) is 6.92 Å². The number of benzene rings is 3. The Bertz CT molecular complexity index is 1780. The predicted octanol–water partition coefficient (Wildman–Crippen LogP) is 4.82. The number of aromatic nitrogens is 1. The first-order valence-electron chi connectivity index (χ1n) is 13.9. The van der Waals surface area contributed by atoms with Crippen molar-refractivity contribution in [2.45, 2.75) is 24.5 Å². The summed E-state index contributed by atoms with van der Waals surface area (Å²) in [6, 6.07) is 22.7. The lowest BCUT2D eigenvalue weighted by Gasteiger charge is -2.33. The van der Waals surface area contributed by atoms with E-state index in [1.165, 1.54) is 40.1 Å². The topological polar surface area (TPSA) is 106 Å². The molecule has 3 aromatic carbocycles. The van der Waals surface area contributed by atoms with Gasteiger partial charge in [-0.3, -0.25) is 14.5 Å². The van der Waals surface area contributed by atoms with Crippen LogP contribution in [0.3, 0.4) is 0 Å². The highest BCUT2D eigenvalue weighted by molar-refractivity contribution is 7.89. The third-order valence-electron chi connectivity index (χ3n) is 7.87. The van der Waals surface area contributed by atoms with Crippen LogP contribution in [0.1, 0.15) is 37.7 Å². The normalized spacial score (nSPS) is 14.9. The van der Waals surface area contributed by atoms with Gasteiger partial charge in [-0.2, -0.15) is 17.5 Å². The number of hydrogen-bond donors (Lipinski definition) is 1. The Kier molecular flexibility index (Phi) is 8.78. The standard InChI is InChI=1S/C32H31F3N4O4S/c1-22-27(31(36)41)19-29(39(22)20-25-9-5-6-10-28(25)32(33,34)35)30(40)21-37-15-17-38(18-16-37)44(42,43)26-13-11-24(12-14-26)23-7-3-2-4-8-23/h2-14,19H,15-18,20-21H2,1H3,(H2,36,41). The molecule has 12 heteroatoms. The van der Waals surface area contributed by atoms with Gasteiger partial charge >= 0.3 is 6.18 Å². The van der Waals surface area contributed by atoms with E-state index < -0.39 is 33.5 Å². The maximum Gasteiger partial charge on any atom is 0.416 e. The molecule has 0 spiro atoms. The first kappa shape index (κ1) is 31.2. The van der Waals surface area contributed by atoms with E-state index in [0.717, 1.165) is 17.2 Å². The minimum absolute atomic E-state index is 0.0482. The number of halogens is 3. The molecule has 4 aromatic rings. The molecule has 8 nitrogen and oxygen atoms in total. The van der Waals surface area contributed by atoms with Crippen molar-refractivity contribution in [2.24, 2.45) is 5.73 Å². The second-order valence-corrected chi connectivity index (χ2v) is 12.6. The number of nitrogens with two attached hydrogens (primary N) is 1. The Hall–Kier alpha value is -4.26. The molecule has 1 fully saturated rings. The summed E-state index contributed by atoms with van der Waals surface area (Å²) in [5.74, 6) is -1.21. The number of amides is 1. The Morgan fingerprint density at radius 1 is 0.841 bits per heavy atom. The van der Waals surface area contributed by atoms with Crippen molar-refractivity contribution < 1.29 is 31.2 Å². The largest absolute Gasteiger partial charge is 0.416 e. The lowest BCUT2D eigenvalue weighted by molar-refractivity contribution is -0.138. The van der Waals surface area contributed by atoms with Gasteiger partial charge in [0.1, 0.15) is 0 Å². The van der Waals surface area contributed by atoms with Gasteiger partial charge in [-0.25, -0.2) is 8.42 Å². The highest BCUT2D eigenvalue weighted by Crippen LogP contribution is 2.33. The zero-order valence-corrected chi connectivity index (χ0v) is 24.7. The molecule has 44 heavy (non-hydrogen) atoms. The van der Waals surface area contributed by atoms with Gasteiger partial charge in [0.05, 0.1) is 28.3 Å². The van der Waals surface area contributed by atoms with Crippen LogP contribution in [0.5, 0.6) is 0 Å². The van der Waals surface area contributed by atoms with Crippen LogP contribution in [-0.4, -0.2) is 66.6 Å². The van der Waals surface area contributed by atoms with Crippen LogP contribution in [-0.2, 0) is 22.7 Å². The summed E-state index contributed by atoms with van der Waals surface area (Å²) >= 11 is 0. The molecule has 1 aromatic heterocycles. The highest BCUT2D eigenvalue weighted by Gasteiger charge is 2.34. The summed E-state index contributed by atoms with van der Waals surface area (Å²) in [5.41, 5.74) is 6.87. The van der Waals surface area contributed by atoms with Crippen molar-refractivity contribution >= 4 is 21.7 Å². The minimum Gasteiger partial charge on any atom is -0.366 e. The summed E-state index contributed by atoms with van der Waals surface area (Å²) in [6.07, 6.45) is -4.60. The molecule has 0 aliphatic carbocycles. The Morgan fingerprint density at radius 3 is 2.05 bits per heavy atom. The monoisotopic (exact) mass is 624 g/mol. The average Bonchev–Trinajstić information content (AvgIpc) is 3.33. The molecular weight excluding hydrogens is 593 g/mol. The molecule has 0 atom stereocenters. The third kappa shape index (κ3) is 6.47. The van der Waals surface area contributed by atoms with Crippen molar-refractivity contribution in [1.29, 1.82) is 0 Å². The first-order chi connectivity index (χ1) is 20.9. The van der Waals surface area contributed by atoms with Crippen molar-refractivity contribution in [3.8, 4) is 11.1 Å². The van der Waals surface area contributed by atoms with E-state index in [1.54, 1.807) is 29.2 Å². The van der Waals surface area contributed by atoms with Crippen molar-refractivity contribution in [3.05, 3.63) is 113 Å². The third-order valence-corrected chi connectivity index (χ3v) is 9.78. The second kappa shape index (κ2) is 12.4. The molecule has 2 N–H and O–H groups in total. The van der Waals surface area contributed by atoms with Gasteiger partial charge in [-0.05, 0) is 47.9 Å². The number of ketones is 1. The number of Topliss-reactive ketones (excluding diaryl/α,β-unsaturated/α-hetero) is 1. The number of hydrogen-bond acceptors (Lipinski definition) is 5. The summed E-state index contributed by atoms with van der Waals surface area (Å²) < 4.78 is 70.4. The molecule has 0 unspecified atom stereocenters. The van der Waals surface area contributed by atoms with Crippen LogP contribution < -0.4 is 5.73 Å². The van der Waals surface area contributed by atoms with Gasteiger partial charge < -0.3 is 10.3 Å². The van der Waals surface area contributed by atoms with Crippen LogP contribution in [0.2, 0.25) is 0 Å². The summed E-state index contributed by atoms with van der Waals surface area (Å²) in [5, 5.41) is 0. The van der Waals surface area contributed by atoms with Gasteiger partial charge in [0.15, 0.2) is 5.78 Å². The van der Waals surface area contributed by atoms with E-state index in [4.69, 9.17) is 5.73 Å². The molecule has 1 saturated heterocycles. The number of carbonyl (C=O) groups is 2. The molecule has 230 valence electrons. The zero-order chi connectivity index (χ0) is 31.6. The van der Waals surface area contributed by atoms with Crippen molar-refractivity contribution in [2.75, 3.05) is 32.7 Å². The van der Waals surface area contributed by atoms with Crippen molar-refractivity contribution in [1.82, 2.24) is 13.8 Å². The molecule has 2 heterocycles. The van der Waals surface area contributed by atoms with E-state index in [-0.39, 0.29) is 66.7 Å². The van der Waals surface area contributed by atoms with E-state index in [9.17, 15) is 31.2 Å². The molecule has 5 rings (SSSR count). The van der Waals surface area contributed by atoms with E-state index >= 15 is 0 Å². The number of sulfonamides is 1. The number of primary amides is 1. The maximum absolute atomic E-state index is 13.7. The number of carbonyl (C=O) groups excluding carboxylic acids is 2.